The number of carbonyl (C=O) groups is 2. The highest BCUT2D eigenvalue weighted by Crippen LogP contribution is 2.18. The van der Waals surface area contributed by atoms with E-state index in [9.17, 15) is 14.9 Å². The van der Waals surface area contributed by atoms with Gasteiger partial charge < -0.3 is 15.1 Å². The van der Waals surface area contributed by atoms with Gasteiger partial charge in [0.2, 0.25) is 5.91 Å². The van der Waals surface area contributed by atoms with Crippen LogP contribution in [0.25, 0.3) is 0 Å². The van der Waals surface area contributed by atoms with E-state index in [0.717, 1.165) is 19.3 Å². The van der Waals surface area contributed by atoms with Crippen LogP contribution in [0.4, 0.5) is 5.82 Å². The van der Waals surface area contributed by atoms with Crippen LogP contribution in [-0.4, -0.2) is 59.1 Å². The van der Waals surface area contributed by atoms with Gasteiger partial charge in [0.25, 0.3) is 0 Å². The third-order valence-corrected chi connectivity index (χ3v) is 4.59. The SMILES string of the molecule is CC[C@H](C)N(CC(=O)N1CCCC1C#N)Nc1ccc(C(=O)OC)cn1. The van der Waals surface area contributed by atoms with Crippen molar-refractivity contribution in [1.29, 1.82) is 5.26 Å². The molecule has 1 N–H and O–H groups in total. The number of pyridine rings is 1. The van der Waals surface area contributed by atoms with Gasteiger partial charge in [-0.2, -0.15) is 5.26 Å². The Kier molecular flexibility index (Phi) is 6.92. The Bertz CT molecular complexity index is 670. The lowest BCUT2D eigenvalue weighted by Gasteiger charge is -2.31. The molecule has 0 saturated carbocycles. The molecule has 0 radical (unpaired) electrons. The fourth-order valence-corrected chi connectivity index (χ4v) is 2.81. The molecule has 26 heavy (non-hydrogen) atoms. The molecule has 0 spiro atoms. The van der Waals surface area contributed by atoms with Gasteiger partial charge in [0.15, 0.2) is 0 Å². The number of methoxy groups -OCH3 is 1. The highest BCUT2D eigenvalue weighted by Gasteiger charge is 2.30. The number of likely N-dealkylation sites (tertiary alicyclic amines) is 1. The molecule has 2 heterocycles. The zero-order valence-corrected chi connectivity index (χ0v) is 15.4. The van der Waals surface area contributed by atoms with E-state index in [0.29, 0.717) is 17.9 Å². The molecule has 8 heteroatoms. The third-order valence-electron chi connectivity index (χ3n) is 4.59. The molecular weight excluding hydrogens is 334 g/mol. The summed E-state index contributed by atoms with van der Waals surface area (Å²) in [5.41, 5.74) is 3.50. The minimum Gasteiger partial charge on any atom is -0.465 e. The molecule has 8 nitrogen and oxygen atoms in total. The number of ether oxygens (including phenoxy) is 1. The number of rotatable bonds is 7. The van der Waals surface area contributed by atoms with E-state index < -0.39 is 5.97 Å². The lowest BCUT2D eigenvalue weighted by Crippen LogP contribution is -2.47. The van der Waals surface area contributed by atoms with Crippen LogP contribution < -0.4 is 5.43 Å². The Morgan fingerprint density at radius 2 is 2.31 bits per heavy atom. The summed E-state index contributed by atoms with van der Waals surface area (Å²) in [6.07, 6.45) is 3.85. The Balaban J connectivity index is 2.06. The number of carbonyl (C=O) groups excluding carboxylic acids is 2. The first-order valence-electron chi connectivity index (χ1n) is 8.76. The van der Waals surface area contributed by atoms with E-state index in [2.05, 4.69) is 21.2 Å². The van der Waals surface area contributed by atoms with Crippen LogP contribution in [-0.2, 0) is 9.53 Å². The van der Waals surface area contributed by atoms with Crippen molar-refractivity contribution >= 4 is 17.7 Å². The fourth-order valence-electron chi connectivity index (χ4n) is 2.81. The monoisotopic (exact) mass is 359 g/mol. The summed E-state index contributed by atoms with van der Waals surface area (Å²) in [7, 11) is 1.32. The second-order valence-corrected chi connectivity index (χ2v) is 6.29. The predicted molar refractivity (Wildman–Crippen MR) is 96.0 cm³/mol. The first kappa shape index (κ1) is 19.7. The van der Waals surface area contributed by atoms with Crippen LogP contribution in [0.1, 0.15) is 43.5 Å². The van der Waals surface area contributed by atoms with Gasteiger partial charge in [0, 0.05) is 18.8 Å². The Hall–Kier alpha value is -2.66. The summed E-state index contributed by atoms with van der Waals surface area (Å²) in [6, 6.07) is 5.23. The minimum atomic E-state index is -0.449. The molecule has 1 aliphatic heterocycles. The zero-order chi connectivity index (χ0) is 19.1. The number of hydrogen-bond acceptors (Lipinski definition) is 7. The minimum absolute atomic E-state index is 0.0759. The number of amides is 1. The lowest BCUT2D eigenvalue weighted by atomic mass is 10.2. The fraction of sp³-hybridized carbons (Fsp3) is 0.556. The van der Waals surface area contributed by atoms with Gasteiger partial charge in [0.05, 0.1) is 25.3 Å². The summed E-state index contributed by atoms with van der Waals surface area (Å²) in [5.74, 6) is 0.00614. The van der Waals surface area contributed by atoms with E-state index in [4.69, 9.17) is 0 Å². The van der Waals surface area contributed by atoms with Gasteiger partial charge in [-0.15, -0.1) is 0 Å². The maximum absolute atomic E-state index is 12.6. The summed E-state index contributed by atoms with van der Waals surface area (Å²) in [4.78, 5) is 30.0. The van der Waals surface area contributed by atoms with Crippen molar-refractivity contribution in [3.05, 3.63) is 23.9 Å². The maximum Gasteiger partial charge on any atom is 0.339 e. The molecule has 140 valence electrons. The largest absolute Gasteiger partial charge is 0.465 e. The number of nitrogens with zero attached hydrogens (tertiary/aromatic N) is 4. The second-order valence-electron chi connectivity index (χ2n) is 6.29. The normalized spacial score (nSPS) is 17.7. The van der Waals surface area contributed by atoms with E-state index in [1.807, 2.05) is 18.9 Å². The molecule has 1 aromatic rings. The van der Waals surface area contributed by atoms with E-state index in [1.54, 1.807) is 17.0 Å². The lowest BCUT2D eigenvalue weighted by molar-refractivity contribution is -0.132. The van der Waals surface area contributed by atoms with Gasteiger partial charge in [-0.3, -0.25) is 4.79 Å². The van der Waals surface area contributed by atoms with Crippen LogP contribution in [0.5, 0.6) is 0 Å². The van der Waals surface area contributed by atoms with Gasteiger partial charge in [-0.1, -0.05) is 6.92 Å². The molecule has 1 fully saturated rings. The Morgan fingerprint density at radius 1 is 1.54 bits per heavy atom. The van der Waals surface area contributed by atoms with E-state index >= 15 is 0 Å². The van der Waals surface area contributed by atoms with E-state index in [-0.39, 0.29) is 24.5 Å². The predicted octanol–water partition coefficient (Wildman–Crippen LogP) is 1.81. The van der Waals surface area contributed by atoms with Gasteiger partial charge in [0.1, 0.15) is 11.9 Å². The van der Waals surface area contributed by atoms with Crippen LogP contribution in [0.3, 0.4) is 0 Å². The average molecular weight is 359 g/mol. The van der Waals surface area contributed by atoms with Crippen molar-refractivity contribution in [2.45, 2.75) is 45.2 Å². The van der Waals surface area contributed by atoms with Crippen LogP contribution >= 0.6 is 0 Å². The topological polar surface area (TPSA) is 98.6 Å². The number of hydrazine groups is 1. The molecule has 1 aromatic heterocycles. The molecule has 1 unspecified atom stereocenters. The summed E-state index contributed by atoms with van der Waals surface area (Å²) in [5, 5.41) is 11.0. The van der Waals surface area contributed by atoms with Crippen molar-refractivity contribution in [3.63, 3.8) is 0 Å². The molecule has 2 atom stereocenters. The van der Waals surface area contributed by atoms with Gasteiger partial charge in [-0.05, 0) is 38.3 Å². The van der Waals surface area contributed by atoms with Crippen LogP contribution in [0.15, 0.2) is 18.3 Å². The molecular formula is C18H25N5O3. The highest BCUT2D eigenvalue weighted by atomic mass is 16.5. The summed E-state index contributed by atoms with van der Waals surface area (Å²) >= 11 is 0. The molecule has 2 rings (SSSR count). The van der Waals surface area contributed by atoms with Crippen LogP contribution in [0.2, 0.25) is 0 Å². The van der Waals surface area contributed by atoms with Crippen molar-refractivity contribution in [1.82, 2.24) is 14.9 Å². The standard InChI is InChI=1S/C18H25N5O3/c1-4-13(2)23(12-17(24)22-9-5-6-15(22)10-19)21-16-8-7-14(11-20-16)18(25)26-3/h7-8,11,13,15H,4-6,9,12H2,1-3H3,(H,20,21)/t13-,15?/m0/s1. The van der Waals surface area contributed by atoms with Crippen molar-refractivity contribution in [2.24, 2.45) is 0 Å². The van der Waals surface area contributed by atoms with Crippen molar-refractivity contribution in [2.75, 3.05) is 25.6 Å². The number of hydrogen-bond donors (Lipinski definition) is 1. The van der Waals surface area contributed by atoms with Gasteiger partial charge in [-0.25, -0.2) is 14.8 Å². The molecule has 1 aliphatic rings. The third kappa shape index (κ3) is 4.70. The molecule has 0 aromatic carbocycles. The summed E-state index contributed by atoms with van der Waals surface area (Å²) in [6.45, 7) is 4.81. The highest BCUT2D eigenvalue weighted by molar-refractivity contribution is 5.89. The van der Waals surface area contributed by atoms with Crippen molar-refractivity contribution < 1.29 is 14.3 Å². The van der Waals surface area contributed by atoms with E-state index in [1.165, 1.54) is 13.3 Å². The second kappa shape index (κ2) is 9.15. The zero-order valence-electron chi connectivity index (χ0n) is 15.4. The number of nitriles is 1. The molecule has 1 amide bonds. The first-order chi connectivity index (χ1) is 12.5. The maximum atomic E-state index is 12.6. The Labute approximate surface area is 153 Å². The first-order valence-corrected chi connectivity index (χ1v) is 8.76. The molecule has 0 aliphatic carbocycles. The number of anilines is 1. The molecule has 1 saturated heterocycles. The quantitative estimate of drug-likeness (QED) is 0.585. The summed E-state index contributed by atoms with van der Waals surface area (Å²) < 4.78 is 4.66. The number of esters is 1. The number of aromatic nitrogens is 1. The number of nitrogens with one attached hydrogen (secondary N) is 1. The van der Waals surface area contributed by atoms with Gasteiger partial charge >= 0.3 is 5.97 Å². The Morgan fingerprint density at radius 3 is 2.88 bits per heavy atom. The van der Waals surface area contributed by atoms with Crippen LogP contribution in [0, 0.1) is 11.3 Å². The smallest absolute Gasteiger partial charge is 0.339 e. The molecule has 0 bridgehead atoms. The average Bonchev–Trinajstić information content (AvgIpc) is 3.15. The van der Waals surface area contributed by atoms with Crippen molar-refractivity contribution in [3.8, 4) is 6.07 Å².